The molecule has 0 radical (unpaired) electrons. The molecule has 0 atom stereocenters. The predicted molar refractivity (Wildman–Crippen MR) is 109 cm³/mol. The Hall–Kier alpha value is -3.75. The van der Waals surface area contributed by atoms with Crippen molar-refractivity contribution >= 4 is 11.6 Å². The van der Waals surface area contributed by atoms with Crippen molar-refractivity contribution < 1.29 is 14.5 Å². The zero-order chi connectivity index (χ0) is 21.1. The van der Waals surface area contributed by atoms with Gasteiger partial charge < -0.3 is 10.1 Å². The van der Waals surface area contributed by atoms with Crippen LogP contribution in [0.3, 0.4) is 0 Å². The largest absolute Gasteiger partial charge is 0.492 e. The number of hydrogen-bond acceptors (Lipinski definition) is 6. The Balaban J connectivity index is 1.35. The molecule has 3 aromatic rings. The highest BCUT2D eigenvalue weighted by Gasteiger charge is 2.18. The van der Waals surface area contributed by atoms with Crippen LogP contribution in [0, 0.1) is 17.0 Å². The van der Waals surface area contributed by atoms with Crippen LogP contribution in [-0.2, 0) is 12.8 Å². The molecule has 1 aromatic heterocycles. The maximum atomic E-state index is 12.5. The summed E-state index contributed by atoms with van der Waals surface area (Å²) in [6, 6.07) is 12.1. The monoisotopic (exact) mass is 407 g/mol. The van der Waals surface area contributed by atoms with Gasteiger partial charge in [0, 0.05) is 12.1 Å². The lowest BCUT2D eigenvalue weighted by molar-refractivity contribution is -0.384. The summed E-state index contributed by atoms with van der Waals surface area (Å²) >= 11 is 0. The molecule has 1 aliphatic carbocycles. The number of non-ortho nitro benzene ring substituents is 1. The van der Waals surface area contributed by atoms with Crippen LogP contribution in [0.15, 0.2) is 42.5 Å². The van der Waals surface area contributed by atoms with E-state index in [0.29, 0.717) is 24.5 Å². The van der Waals surface area contributed by atoms with Gasteiger partial charge in [-0.3, -0.25) is 14.9 Å². The lowest BCUT2D eigenvalue weighted by Crippen LogP contribution is -2.29. The second-order valence-electron chi connectivity index (χ2n) is 7.10. The van der Waals surface area contributed by atoms with E-state index in [2.05, 4.69) is 27.8 Å². The van der Waals surface area contributed by atoms with E-state index in [1.165, 1.54) is 34.4 Å². The summed E-state index contributed by atoms with van der Waals surface area (Å²) in [5.41, 5.74) is 3.79. The second kappa shape index (κ2) is 8.32. The highest BCUT2D eigenvalue weighted by Crippen LogP contribution is 2.26. The molecule has 0 bridgehead atoms. The SMILES string of the molecule is Cc1c(C(=O)NCCOc2ccc3c(c2)CCC3)nnn1-c1cccc([N+](=O)[O-])c1. The summed E-state index contributed by atoms with van der Waals surface area (Å²) in [6.45, 7) is 2.34. The van der Waals surface area contributed by atoms with E-state index in [4.69, 9.17) is 4.74 Å². The summed E-state index contributed by atoms with van der Waals surface area (Å²) in [6.07, 6.45) is 3.40. The minimum Gasteiger partial charge on any atom is -0.492 e. The lowest BCUT2D eigenvalue weighted by atomic mass is 10.1. The molecule has 0 saturated carbocycles. The van der Waals surface area contributed by atoms with Crippen molar-refractivity contribution in [1.82, 2.24) is 20.3 Å². The van der Waals surface area contributed by atoms with E-state index in [0.717, 1.165) is 18.6 Å². The first-order chi connectivity index (χ1) is 14.5. The fourth-order valence-electron chi connectivity index (χ4n) is 3.58. The van der Waals surface area contributed by atoms with Crippen molar-refractivity contribution in [3.05, 3.63) is 75.1 Å². The van der Waals surface area contributed by atoms with Crippen LogP contribution in [0.1, 0.15) is 33.7 Å². The van der Waals surface area contributed by atoms with Gasteiger partial charge in [0.1, 0.15) is 12.4 Å². The van der Waals surface area contributed by atoms with Crippen molar-refractivity contribution in [3.63, 3.8) is 0 Å². The van der Waals surface area contributed by atoms with E-state index in [-0.39, 0.29) is 17.3 Å². The van der Waals surface area contributed by atoms with Crippen LogP contribution in [0.4, 0.5) is 5.69 Å². The number of nitrogens with one attached hydrogen (secondary N) is 1. The van der Waals surface area contributed by atoms with Crippen LogP contribution in [0.5, 0.6) is 5.75 Å². The third-order valence-corrected chi connectivity index (χ3v) is 5.12. The average molecular weight is 407 g/mol. The smallest absolute Gasteiger partial charge is 0.273 e. The number of rotatable bonds is 7. The fraction of sp³-hybridized carbons (Fsp3) is 0.286. The predicted octanol–water partition coefficient (Wildman–Crippen LogP) is 2.78. The molecule has 154 valence electrons. The third-order valence-electron chi connectivity index (χ3n) is 5.12. The Morgan fingerprint density at radius 3 is 2.90 bits per heavy atom. The Morgan fingerprint density at radius 1 is 1.23 bits per heavy atom. The number of carbonyl (C=O) groups excluding carboxylic acids is 1. The van der Waals surface area contributed by atoms with Crippen LogP contribution >= 0.6 is 0 Å². The van der Waals surface area contributed by atoms with Crippen molar-refractivity contribution in [2.45, 2.75) is 26.2 Å². The van der Waals surface area contributed by atoms with E-state index in [1.807, 2.05) is 6.07 Å². The number of aromatic nitrogens is 3. The Labute approximate surface area is 172 Å². The molecule has 1 N–H and O–H groups in total. The van der Waals surface area contributed by atoms with Crippen LogP contribution in [-0.4, -0.2) is 39.0 Å². The number of fused-ring (bicyclic) bond motifs is 1. The maximum absolute atomic E-state index is 12.5. The van der Waals surface area contributed by atoms with Crippen molar-refractivity contribution in [2.24, 2.45) is 0 Å². The summed E-state index contributed by atoms with van der Waals surface area (Å²) in [7, 11) is 0. The molecule has 1 aliphatic rings. The number of carbonyl (C=O) groups is 1. The Kier molecular flexibility index (Phi) is 5.42. The minimum absolute atomic E-state index is 0.0582. The Bertz CT molecular complexity index is 1110. The van der Waals surface area contributed by atoms with Gasteiger partial charge >= 0.3 is 0 Å². The molecule has 2 aromatic carbocycles. The standard InChI is InChI=1S/C21H21N5O4/c1-14-20(23-24-25(14)17-6-3-7-18(13-17)26(28)29)21(27)22-10-11-30-19-9-8-15-4-2-5-16(15)12-19/h3,6-9,12-13H,2,4-5,10-11H2,1H3,(H,22,27). The summed E-state index contributed by atoms with van der Waals surface area (Å²) < 4.78 is 7.14. The molecule has 0 spiro atoms. The van der Waals surface area contributed by atoms with Crippen molar-refractivity contribution in [3.8, 4) is 11.4 Å². The second-order valence-corrected chi connectivity index (χ2v) is 7.10. The molecule has 9 heteroatoms. The molecule has 1 amide bonds. The van der Waals surface area contributed by atoms with Gasteiger partial charge in [-0.2, -0.15) is 0 Å². The van der Waals surface area contributed by atoms with Crippen LogP contribution in [0.2, 0.25) is 0 Å². The van der Waals surface area contributed by atoms with Crippen LogP contribution in [0.25, 0.3) is 5.69 Å². The zero-order valence-electron chi connectivity index (χ0n) is 16.5. The first-order valence-electron chi connectivity index (χ1n) is 9.73. The number of aryl methyl sites for hydroxylation is 2. The van der Waals surface area contributed by atoms with E-state index in [1.54, 1.807) is 19.1 Å². The Morgan fingerprint density at radius 2 is 2.07 bits per heavy atom. The number of ether oxygens (including phenoxy) is 1. The first-order valence-corrected chi connectivity index (χ1v) is 9.73. The highest BCUT2D eigenvalue weighted by atomic mass is 16.6. The molecule has 30 heavy (non-hydrogen) atoms. The van der Waals surface area contributed by atoms with Gasteiger partial charge in [-0.15, -0.1) is 5.10 Å². The van der Waals surface area contributed by atoms with Gasteiger partial charge in [0.25, 0.3) is 11.6 Å². The number of amides is 1. The highest BCUT2D eigenvalue weighted by molar-refractivity contribution is 5.93. The molecule has 1 heterocycles. The lowest BCUT2D eigenvalue weighted by Gasteiger charge is -2.09. The zero-order valence-corrected chi connectivity index (χ0v) is 16.5. The van der Waals surface area contributed by atoms with Gasteiger partial charge in [0.05, 0.1) is 22.8 Å². The number of benzene rings is 2. The topological polar surface area (TPSA) is 112 Å². The number of hydrogen-bond donors (Lipinski definition) is 1. The quantitative estimate of drug-likeness (QED) is 0.366. The van der Waals surface area contributed by atoms with Gasteiger partial charge in [0.15, 0.2) is 5.69 Å². The molecular formula is C21H21N5O4. The molecule has 0 unspecified atom stereocenters. The van der Waals surface area contributed by atoms with Crippen molar-refractivity contribution in [1.29, 1.82) is 0 Å². The maximum Gasteiger partial charge on any atom is 0.273 e. The molecule has 0 fully saturated rings. The number of nitro benzene ring substituents is 1. The number of nitro groups is 1. The fourth-order valence-corrected chi connectivity index (χ4v) is 3.58. The van der Waals surface area contributed by atoms with E-state index >= 15 is 0 Å². The molecular weight excluding hydrogens is 386 g/mol. The van der Waals surface area contributed by atoms with Gasteiger partial charge in [0.2, 0.25) is 0 Å². The molecule has 0 aliphatic heterocycles. The number of nitrogens with zero attached hydrogens (tertiary/aromatic N) is 4. The minimum atomic E-state index is -0.482. The van der Waals surface area contributed by atoms with E-state index in [9.17, 15) is 14.9 Å². The van der Waals surface area contributed by atoms with Crippen molar-refractivity contribution in [2.75, 3.05) is 13.2 Å². The normalized spacial score (nSPS) is 12.4. The third kappa shape index (κ3) is 4.00. The summed E-state index contributed by atoms with van der Waals surface area (Å²) in [5, 5.41) is 21.6. The van der Waals surface area contributed by atoms with Gasteiger partial charge in [-0.05, 0) is 55.5 Å². The average Bonchev–Trinajstić information content (AvgIpc) is 3.37. The van der Waals surface area contributed by atoms with Crippen LogP contribution < -0.4 is 10.1 Å². The van der Waals surface area contributed by atoms with Gasteiger partial charge in [-0.1, -0.05) is 17.3 Å². The first kappa shape index (κ1) is 19.6. The van der Waals surface area contributed by atoms with E-state index < -0.39 is 4.92 Å². The molecule has 9 nitrogen and oxygen atoms in total. The molecule has 0 saturated heterocycles. The summed E-state index contributed by atoms with van der Waals surface area (Å²) in [5.74, 6) is 0.430. The summed E-state index contributed by atoms with van der Waals surface area (Å²) in [4.78, 5) is 22.9. The molecule has 4 rings (SSSR count). The van der Waals surface area contributed by atoms with Gasteiger partial charge in [-0.25, -0.2) is 4.68 Å².